The largest absolute Gasteiger partial charge is 0.312 e. The van der Waals surface area contributed by atoms with E-state index in [4.69, 9.17) is 0 Å². The molecule has 0 atom stereocenters. The Morgan fingerprint density at radius 1 is 1.08 bits per heavy atom. The van der Waals surface area contributed by atoms with Crippen molar-refractivity contribution in [2.75, 3.05) is 28.6 Å². The summed E-state index contributed by atoms with van der Waals surface area (Å²) in [5, 5.41) is 0. The lowest BCUT2D eigenvalue weighted by atomic mass is 10.0. The number of nitrogens with zero attached hydrogens (tertiary/aromatic N) is 2. The minimum absolute atomic E-state index is 0.0447. The van der Waals surface area contributed by atoms with Gasteiger partial charge in [-0.15, -0.1) is 0 Å². The zero-order valence-corrected chi connectivity index (χ0v) is 15.1. The molecule has 0 saturated heterocycles. The van der Waals surface area contributed by atoms with Crippen molar-refractivity contribution in [1.29, 1.82) is 0 Å². The molecule has 1 aliphatic rings. The topological polar surface area (TPSA) is 57.7 Å². The molecular formula is C19H22N2O3S. The molecule has 0 radical (unpaired) electrons. The lowest BCUT2D eigenvalue weighted by Crippen LogP contribution is -2.39. The molecule has 3 rings (SSSR count). The van der Waals surface area contributed by atoms with Crippen molar-refractivity contribution in [3.05, 3.63) is 60.2 Å². The molecule has 0 unspecified atom stereocenters. The van der Waals surface area contributed by atoms with Crippen LogP contribution in [0, 0.1) is 0 Å². The minimum Gasteiger partial charge on any atom is -0.312 e. The van der Waals surface area contributed by atoms with Gasteiger partial charge in [0.15, 0.2) is 0 Å². The summed E-state index contributed by atoms with van der Waals surface area (Å²) in [5.41, 5.74) is 2.70. The highest BCUT2D eigenvalue weighted by molar-refractivity contribution is 7.92. The van der Waals surface area contributed by atoms with Crippen LogP contribution in [0.4, 0.5) is 11.4 Å². The smallest absolute Gasteiger partial charge is 0.232 e. The Morgan fingerprint density at radius 3 is 2.48 bits per heavy atom. The second-order valence-corrected chi connectivity index (χ2v) is 8.11. The van der Waals surface area contributed by atoms with Crippen LogP contribution >= 0.6 is 0 Å². The van der Waals surface area contributed by atoms with Crippen LogP contribution in [0.25, 0.3) is 0 Å². The summed E-state index contributed by atoms with van der Waals surface area (Å²) in [6.45, 7) is 0.820. The second-order valence-electron chi connectivity index (χ2n) is 6.20. The fourth-order valence-corrected chi connectivity index (χ4v) is 4.13. The third-order valence-corrected chi connectivity index (χ3v) is 5.58. The maximum Gasteiger partial charge on any atom is 0.232 e. The molecule has 0 bridgehead atoms. The average molecular weight is 358 g/mol. The maximum absolute atomic E-state index is 12.7. The Balaban J connectivity index is 1.75. The maximum atomic E-state index is 12.7. The molecule has 0 fully saturated rings. The Kier molecular flexibility index (Phi) is 5.08. The number of hydrogen-bond acceptors (Lipinski definition) is 3. The SMILES string of the molecule is CS(=O)(=O)N(CCC(=O)N1CCCc2ccccc21)c1ccccc1. The number of benzene rings is 2. The molecule has 2 aromatic rings. The first-order valence-electron chi connectivity index (χ1n) is 8.38. The van der Waals surface area contributed by atoms with E-state index in [1.165, 1.54) is 16.1 Å². The minimum atomic E-state index is -3.44. The van der Waals surface area contributed by atoms with Gasteiger partial charge in [-0.2, -0.15) is 0 Å². The molecule has 6 heteroatoms. The van der Waals surface area contributed by atoms with Crippen molar-refractivity contribution in [2.24, 2.45) is 0 Å². The molecule has 132 valence electrons. The summed E-state index contributed by atoms with van der Waals surface area (Å²) in [5.74, 6) is -0.0447. The van der Waals surface area contributed by atoms with Gasteiger partial charge < -0.3 is 4.90 Å². The van der Waals surface area contributed by atoms with Crippen molar-refractivity contribution in [1.82, 2.24) is 0 Å². The van der Waals surface area contributed by atoms with E-state index in [0.29, 0.717) is 12.2 Å². The number of rotatable bonds is 5. The van der Waals surface area contributed by atoms with Crippen molar-refractivity contribution in [3.63, 3.8) is 0 Å². The highest BCUT2D eigenvalue weighted by Gasteiger charge is 2.24. The molecule has 1 heterocycles. The molecule has 2 aromatic carbocycles. The summed E-state index contributed by atoms with van der Waals surface area (Å²) in [7, 11) is -3.44. The number of hydrogen-bond donors (Lipinski definition) is 0. The van der Waals surface area contributed by atoms with E-state index in [0.717, 1.165) is 18.5 Å². The quantitative estimate of drug-likeness (QED) is 0.826. The van der Waals surface area contributed by atoms with Gasteiger partial charge >= 0.3 is 0 Å². The van der Waals surface area contributed by atoms with Crippen LogP contribution in [0.3, 0.4) is 0 Å². The summed E-state index contributed by atoms with van der Waals surface area (Å²) < 4.78 is 25.5. The lowest BCUT2D eigenvalue weighted by molar-refractivity contribution is -0.118. The summed E-state index contributed by atoms with van der Waals surface area (Å²) in [4.78, 5) is 14.5. The lowest BCUT2D eigenvalue weighted by Gasteiger charge is -2.30. The number of aryl methyl sites for hydroxylation is 1. The molecule has 25 heavy (non-hydrogen) atoms. The monoisotopic (exact) mass is 358 g/mol. The molecule has 0 aromatic heterocycles. The van der Waals surface area contributed by atoms with Crippen molar-refractivity contribution >= 4 is 27.3 Å². The van der Waals surface area contributed by atoms with E-state index in [2.05, 4.69) is 0 Å². The molecule has 0 saturated carbocycles. The Morgan fingerprint density at radius 2 is 1.76 bits per heavy atom. The fourth-order valence-electron chi connectivity index (χ4n) is 3.21. The van der Waals surface area contributed by atoms with E-state index >= 15 is 0 Å². The van der Waals surface area contributed by atoms with Crippen molar-refractivity contribution < 1.29 is 13.2 Å². The molecule has 0 N–H and O–H groups in total. The van der Waals surface area contributed by atoms with Gasteiger partial charge in [-0.3, -0.25) is 9.10 Å². The van der Waals surface area contributed by atoms with Gasteiger partial charge in [-0.25, -0.2) is 8.42 Å². The Labute approximate surface area is 148 Å². The number of amides is 1. The van der Waals surface area contributed by atoms with E-state index in [-0.39, 0.29) is 18.9 Å². The van der Waals surface area contributed by atoms with Crippen LogP contribution in [-0.2, 0) is 21.2 Å². The first kappa shape index (κ1) is 17.5. The number of sulfonamides is 1. The van der Waals surface area contributed by atoms with Crippen LogP contribution in [0.5, 0.6) is 0 Å². The van der Waals surface area contributed by atoms with E-state index in [1.54, 1.807) is 29.2 Å². The standard InChI is InChI=1S/C19H22N2O3S/c1-25(23,24)21(17-10-3-2-4-11-17)15-13-19(22)20-14-7-9-16-8-5-6-12-18(16)20/h2-6,8,10-12H,7,9,13-15H2,1H3. The molecule has 0 spiro atoms. The van der Waals surface area contributed by atoms with Gasteiger partial charge in [0.2, 0.25) is 15.9 Å². The van der Waals surface area contributed by atoms with Gasteiger partial charge in [-0.05, 0) is 36.6 Å². The van der Waals surface area contributed by atoms with Gasteiger partial charge in [0, 0.05) is 25.2 Å². The summed E-state index contributed by atoms with van der Waals surface area (Å²) in [6.07, 6.45) is 3.22. The summed E-state index contributed by atoms with van der Waals surface area (Å²) in [6, 6.07) is 16.8. The van der Waals surface area contributed by atoms with Crippen molar-refractivity contribution in [3.8, 4) is 0 Å². The zero-order chi connectivity index (χ0) is 17.9. The van der Waals surface area contributed by atoms with E-state index in [9.17, 15) is 13.2 Å². The highest BCUT2D eigenvalue weighted by Crippen LogP contribution is 2.27. The van der Waals surface area contributed by atoms with Crippen molar-refractivity contribution in [2.45, 2.75) is 19.3 Å². The van der Waals surface area contributed by atoms with Crippen LogP contribution in [0.2, 0.25) is 0 Å². The fraction of sp³-hybridized carbons (Fsp3) is 0.316. The van der Waals surface area contributed by atoms with Gasteiger partial charge in [0.25, 0.3) is 0 Å². The number of carbonyl (C=O) groups excluding carboxylic acids is 1. The van der Waals surface area contributed by atoms with Gasteiger partial charge in [0.05, 0.1) is 11.9 Å². The number of anilines is 2. The van der Waals surface area contributed by atoms with E-state index in [1.807, 2.05) is 30.3 Å². The first-order chi connectivity index (χ1) is 12.0. The molecule has 0 aliphatic carbocycles. The summed E-state index contributed by atoms with van der Waals surface area (Å²) >= 11 is 0. The second kappa shape index (κ2) is 7.27. The molecule has 1 aliphatic heterocycles. The predicted octanol–water partition coefficient (Wildman–Crippen LogP) is 2.82. The zero-order valence-electron chi connectivity index (χ0n) is 14.3. The number of fused-ring (bicyclic) bond motifs is 1. The van der Waals surface area contributed by atoms with Crippen LogP contribution in [0.1, 0.15) is 18.4 Å². The number of para-hydroxylation sites is 2. The molecule has 5 nitrogen and oxygen atoms in total. The normalized spacial score (nSPS) is 14.0. The van der Waals surface area contributed by atoms with Crippen LogP contribution in [-0.4, -0.2) is 33.7 Å². The average Bonchev–Trinajstić information content (AvgIpc) is 2.61. The molecule has 1 amide bonds. The number of carbonyl (C=O) groups is 1. The third kappa shape index (κ3) is 4.02. The van der Waals surface area contributed by atoms with Crippen LogP contribution in [0.15, 0.2) is 54.6 Å². The first-order valence-corrected chi connectivity index (χ1v) is 10.2. The van der Waals surface area contributed by atoms with Crippen LogP contribution < -0.4 is 9.21 Å². The highest BCUT2D eigenvalue weighted by atomic mass is 32.2. The predicted molar refractivity (Wildman–Crippen MR) is 100 cm³/mol. The van der Waals surface area contributed by atoms with E-state index < -0.39 is 10.0 Å². The van der Waals surface area contributed by atoms with Gasteiger partial charge in [0.1, 0.15) is 0 Å². The third-order valence-electron chi connectivity index (χ3n) is 4.38. The Hall–Kier alpha value is -2.34. The van der Waals surface area contributed by atoms with Gasteiger partial charge in [-0.1, -0.05) is 36.4 Å². The molecular weight excluding hydrogens is 336 g/mol. The Bertz CT molecular complexity index is 850.